The minimum Gasteiger partial charge on any atom is -0.481 e. The van der Waals surface area contributed by atoms with Crippen molar-refractivity contribution in [3.8, 4) is 0 Å². The fourth-order valence-electron chi connectivity index (χ4n) is 2.51. The molecule has 8 heteroatoms. The Balaban J connectivity index is 1.99. The van der Waals surface area contributed by atoms with Gasteiger partial charge in [0.1, 0.15) is 5.92 Å². The molecule has 0 saturated carbocycles. The number of aliphatic carboxylic acids is 1. The minimum atomic E-state index is -0.914. The predicted octanol–water partition coefficient (Wildman–Crippen LogP) is 0.00640. The molecule has 21 heavy (non-hydrogen) atoms. The summed E-state index contributed by atoms with van der Waals surface area (Å²) in [5.41, 5.74) is 0. The van der Waals surface area contributed by atoms with Crippen LogP contribution >= 0.6 is 0 Å². The van der Waals surface area contributed by atoms with E-state index in [1.165, 1.54) is 0 Å². The molecule has 1 aliphatic heterocycles. The Labute approximate surface area is 122 Å². The van der Waals surface area contributed by atoms with E-state index in [-0.39, 0.29) is 31.6 Å². The van der Waals surface area contributed by atoms with Gasteiger partial charge in [0.2, 0.25) is 5.91 Å². The van der Waals surface area contributed by atoms with Gasteiger partial charge in [-0.15, -0.1) is 5.10 Å². The molecule has 0 bridgehead atoms. The zero-order chi connectivity index (χ0) is 15.2. The van der Waals surface area contributed by atoms with Gasteiger partial charge in [0.05, 0.1) is 32.0 Å². The van der Waals surface area contributed by atoms with E-state index in [4.69, 9.17) is 4.74 Å². The molecule has 1 aromatic heterocycles. The van der Waals surface area contributed by atoms with E-state index >= 15 is 0 Å². The Morgan fingerprint density at radius 2 is 2.29 bits per heavy atom. The molecule has 1 aromatic rings. The van der Waals surface area contributed by atoms with E-state index in [2.05, 4.69) is 10.3 Å². The van der Waals surface area contributed by atoms with Gasteiger partial charge in [-0.25, -0.2) is 0 Å². The molecule has 0 aliphatic carbocycles. The number of amides is 1. The van der Waals surface area contributed by atoms with Crippen LogP contribution in [0.4, 0.5) is 0 Å². The van der Waals surface area contributed by atoms with Crippen molar-refractivity contribution in [2.45, 2.75) is 32.4 Å². The fourth-order valence-corrected chi connectivity index (χ4v) is 2.51. The van der Waals surface area contributed by atoms with Crippen molar-refractivity contribution in [2.75, 3.05) is 19.8 Å². The number of aromatic nitrogens is 3. The van der Waals surface area contributed by atoms with Crippen LogP contribution in [0.2, 0.25) is 0 Å². The summed E-state index contributed by atoms with van der Waals surface area (Å²) in [7, 11) is 0. The van der Waals surface area contributed by atoms with Gasteiger partial charge in [-0.1, -0.05) is 12.1 Å². The number of rotatable bonds is 7. The lowest BCUT2D eigenvalue weighted by atomic mass is 10.0. The smallest absolute Gasteiger partial charge is 0.311 e. The second-order valence-corrected chi connectivity index (χ2v) is 5.05. The number of ether oxygens (including phenoxy) is 1. The topological polar surface area (TPSA) is 97.5 Å². The molecule has 2 atom stereocenters. The summed E-state index contributed by atoms with van der Waals surface area (Å²) in [5.74, 6) is -1.64. The number of nitrogens with zero attached hydrogens (tertiary/aromatic N) is 4. The highest BCUT2D eigenvalue weighted by molar-refractivity contribution is 5.78. The highest BCUT2D eigenvalue weighted by Gasteiger charge is 2.39. The van der Waals surface area contributed by atoms with Crippen LogP contribution in [0.3, 0.4) is 0 Å². The lowest BCUT2D eigenvalue weighted by Crippen LogP contribution is -2.47. The van der Waals surface area contributed by atoms with Crippen molar-refractivity contribution < 1.29 is 19.4 Å². The SMILES string of the molecule is CCCN(C(=O)CCn1ccnn1)C1COCC1C(=O)O. The van der Waals surface area contributed by atoms with Crippen LogP contribution in [-0.4, -0.2) is 62.7 Å². The molecule has 1 saturated heterocycles. The van der Waals surface area contributed by atoms with Crippen LogP contribution in [0, 0.1) is 5.92 Å². The van der Waals surface area contributed by atoms with Crippen LogP contribution in [0.25, 0.3) is 0 Å². The highest BCUT2D eigenvalue weighted by atomic mass is 16.5. The van der Waals surface area contributed by atoms with Gasteiger partial charge in [0, 0.05) is 19.2 Å². The molecule has 0 aromatic carbocycles. The lowest BCUT2D eigenvalue weighted by Gasteiger charge is -2.30. The first kappa shape index (κ1) is 15.4. The summed E-state index contributed by atoms with van der Waals surface area (Å²) in [4.78, 5) is 25.3. The molecule has 1 fully saturated rings. The average Bonchev–Trinajstić information content (AvgIpc) is 3.12. The third-order valence-electron chi connectivity index (χ3n) is 3.58. The number of carboxylic acids is 1. The molecule has 1 amide bonds. The van der Waals surface area contributed by atoms with Gasteiger partial charge in [0.15, 0.2) is 0 Å². The number of carboxylic acid groups (broad SMARTS) is 1. The van der Waals surface area contributed by atoms with E-state index < -0.39 is 11.9 Å². The zero-order valence-electron chi connectivity index (χ0n) is 12.0. The third kappa shape index (κ3) is 3.78. The van der Waals surface area contributed by atoms with Gasteiger partial charge >= 0.3 is 5.97 Å². The highest BCUT2D eigenvalue weighted by Crippen LogP contribution is 2.21. The molecular weight excluding hydrogens is 276 g/mol. The second kappa shape index (κ2) is 7.16. The minimum absolute atomic E-state index is 0.0749. The lowest BCUT2D eigenvalue weighted by molar-refractivity contribution is -0.145. The average molecular weight is 296 g/mol. The Hall–Kier alpha value is -1.96. The molecule has 116 valence electrons. The number of hydrogen-bond donors (Lipinski definition) is 1. The zero-order valence-corrected chi connectivity index (χ0v) is 12.0. The molecule has 2 unspecified atom stereocenters. The van der Waals surface area contributed by atoms with Crippen LogP contribution in [0.5, 0.6) is 0 Å². The Bertz CT molecular complexity index is 477. The summed E-state index contributed by atoms with van der Waals surface area (Å²) in [6.45, 7) is 3.38. The summed E-state index contributed by atoms with van der Waals surface area (Å²) < 4.78 is 6.84. The van der Waals surface area contributed by atoms with E-state index in [0.29, 0.717) is 13.1 Å². The second-order valence-electron chi connectivity index (χ2n) is 5.05. The van der Waals surface area contributed by atoms with Crippen LogP contribution in [0.1, 0.15) is 19.8 Å². The third-order valence-corrected chi connectivity index (χ3v) is 3.58. The maximum Gasteiger partial charge on any atom is 0.311 e. The first-order valence-electron chi connectivity index (χ1n) is 7.07. The van der Waals surface area contributed by atoms with E-state index in [1.807, 2.05) is 6.92 Å². The fraction of sp³-hybridized carbons (Fsp3) is 0.692. The van der Waals surface area contributed by atoms with E-state index in [0.717, 1.165) is 6.42 Å². The molecule has 2 heterocycles. The summed E-state index contributed by atoms with van der Waals surface area (Å²) in [6, 6.07) is -0.384. The summed E-state index contributed by atoms with van der Waals surface area (Å²) in [5, 5.41) is 16.7. The number of carbonyl (C=O) groups is 2. The van der Waals surface area contributed by atoms with Gasteiger partial charge in [-0.2, -0.15) is 0 Å². The Kier molecular flexibility index (Phi) is 5.26. The van der Waals surface area contributed by atoms with Gasteiger partial charge in [-0.05, 0) is 6.42 Å². The molecule has 1 N–H and O–H groups in total. The van der Waals surface area contributed by atoms with Crippen molar-refractivity contribution in [2.24, 2.45) is 5.92 Å². The van der Waals surface area contributed by atoms with Gasteiger partial charge in [-0.3, -0.25) is 14.3 Å². The van der Waals surface area contributed by atoms with Gasteiger partial charge < -0.3 is 14.7 Å². The normalized spacial score (nSPS) is 21.4. The first-order chi connectivity index (χ1) is 10.1. The summed E-state index contributed by atoms with van der Waals surface area (Å²) >= 11 is 0. The van der Waals surface area contributed by atoms with Crippen LogP contribution in [-0.2, 0) is 20.9 Å². The largest absolute Gasteiger partial charge is 0.481 e. The maximum atomic E-state index is 12.4. The van der Waals surface area contributed by atoms with Crippen LogP contribution < -0.4 is 0 Å². The number of hydrogen-bond acceptors (Lipinski definition) is 5. The van der Waals surface area contributed by atoms with Gasteiger partial charge in [0.25, 0.3) is 0 Å². The van der Waals surface area contributed by atoms with E-state index in [1.54, 1.807) is 22.0 Å². The molecule has 8 nitrogen and oxygen atoms in total. The first-order valence-corrected chi connectivity index (χ1v) is 7.07. The standard InChI is InChI=1S/C13H20N4O4/c1-2-5-17(11-9-21-8-10(11)13(19)20)12(18)3-6-16-7-4-14-15-16/h4,7,10-11H,2-3,5-6,8-9H2,1H3,(H,19,20). The van der Waals surface area contributed by atoms with Crippen LogP contribution in [0.15, 0.2) is 12.4 Å². The van der Waals surface area contributed by atoms with Crippen molar-refractivity contribution in [1.29, 1.82) is 0 Å². The van der Waals surface area contributed by atoms with E-state index in [9.17, 15) is 14.7 Å². The maximum absolute atomic E-state index is 12.4. The van der Waals surface area contributed by atoms with Crippen molar-refractivity contribution in [1.82, 2.24) is 19.9 Å². The molecule has 2 rings (SSSR count). The molecule has 1 aliphatic rings. The molecule has 0 spiro atoms. The number of carbonyl (C=O) groups excluding carboxylic acids is 1. The Morgan fingerprint density at radius 1 is 1.48 bits per heavy atom. The Morgan fingerprint density at radius 3 is 2.90 bits per heavy atom. The number of aryl methyl sites for hydroxylation is 1. The molecule has 0 radical (unpaired) electrons. The molecular formula is C13H20N4O4. The van der Waals surface area contributed by atoms with Crippen molar-refractivity contribution in [3.05, 3.63) is 12.4 Å². The predicted molar refractivity (Wildman–Crippen MR) is 72.4 cm³/mol. The summed E-state index contributed by atoms with van der Waals surface area (Å²) in [6.07, 6.45) is 4.29. The quantitative estimate of drug-likeness (QED) is 0.761. The van der Waals surface area contributed by atoms with Crippen molar-refractivity contribution in [3.63, 3.8) is 0 Å². The van der Waals surface area contributed by atoms with Crippen molar-refractivity contribution >= 4 is 11.9 Å². The monoisotopic (exact) mass is 296 g/mol.